The Labute approximate surface area is 135 Å². The van der Waals surface area contributed by atoms with Crippen LogP contribution in [0.4, 0.5) is 0 Å². The van der Waals surface area contributed by atoms with Gasteiger partial charge in [0.15, 0.2) is 18.1 Å². The summed E-state index contributed by atoms with van der Waals surface area (Å²) in [6, 6.07) is 4.82. The number of carbonyl (C=O) groups is 2. The second-order valence-electron chi connectivity index (χ2n) is 5.54. The topological polar surface area (TPSA) is 103 Å². The normalized spacial score (nSPS) is 14.7. The minimum atomic E-state index is -0.247. The van der Waals surface area contributed by atoms with Crippen LogP contribution in [0.15, 0.2) is 18.2 Å². The smallest absolute Gasteiger partial charge is 0.257 e. The molecule has 7 nitrogen and oxygen atoms in total. The number of rotatable bonds is 8. The first-order chi connectivity index (χ1) is 11.0. The third-order valence-electron chi connectivity index (χ3n) is 3.79. The molecule has 1 fully saturated rings. The highest BCUT2D eigenvalue weighted by Crippen LogP contribution is 2.31. The summed E-state index contributed by atoms with van der Waals surface area (Å²) in [7, 11) is 3.01. The molecule has 1 aromatic rings. The number of likely N-dealkylation sites (N-methyl/N-ethyl adjacent to an activating group) is 1. The Bertz CT molecular complexity index is 572. The van der Waals surface area contributed by atoms with Gasteiger partial charge < -0.3 is 25.8 Å². The lowest BCUT2D eigenvalue weighted by molar-refractivity contribution is -0.122. The number of hydrogen-bond donors (Lipinski definition) is 3. The van der Waals surface area contributed by atoms with E-state index in [1.807, 2.05) is 0 Å². The molecule has 4 N–H and O–H groups in total. The number of nitrogens with one attached hydrogen (secondary N) is 2. The van der Waals surface area contributed by atoms with Gasteiger partial charge in [-0.15, -0.1) is 0 Å². The SMILES string of the molecule is CNC(=O)COc1ccc(C(=O)NCC(N)C2CC2)cc1OC. The number of methoxy groups -OCH3 is 1. The summed E-state index contributed by atoms with van der Waals surface area (Å²) < 4.78 is 10.6. The highest BCUT2D eigenvalue weighted by Gasteiger charge is 2.28. The molecule has 0 aliphatic heterocycles. The molecule has 2 amide bonds. The molecular weight excluding hydrogens is 298 g/mol. The summed E-state index contributed by atoms with van der Waals surface area (Å²) >= 11 is 0. The van der Waals surface area contributed by atoms with Crippen LogP contribution in [0.3, 0.4) is 0 Å². The van der Waals surface area contributed by atoms with Gasteiger partial charge in [-0.05, 0) is 37.0 Å². The lowest BCUT2D eigenvalue weighted by Crippen LogP contribution is -2.38. The van der Waals surface area contributed by atoms with Crippen LogP contribution in [0.5, 0.6) is 11.5 Å². The van der Waals surface area contributed by atoms with Gasteiger partial charge in [0.25, 0.3) is 11.8 Å². The first-order valence-electron chi connectivity index (χ1n) is 7.60. The van der Waals surface area contributed by atoms with Crippen LogP contribution in [0, 0.1) is 5.92 Å². The average Bonchev–Trinajstić information content (AvgIpc) is 3.41. The second-order valence-corrected chi connectivity index (χ2v) is 5.54. The maximum Gasteiger partial charge on any atom is 0.257 e. The number of nitrogens with two attached hydrogens (primary N) is 1. The average molecular weight is 321 g/mol. The Balaban J connectivity index is 1.96. The van der Waals surface area contributed by atoms with E-state index in [-0.39, 0.29) is 24.5 Å². The van der Waals surface area contributed by atoms with E-state index in [2.05, 4.69) is 10.6 Å². The summed E-state index contributed by atoms with van der Waals surface area (Å²) in [4.78, 5) is 23.4. The van der Waals surface area contributed by atoms with E-state index >= 15 is 0 Å². The molecule has 7 heteroatoms. The highest BCUT2D eigenvalue weighted by molar-refractivity contribution is 5.94. The van der Waals surface area contributed by atoms with E-state index in [4.69, 9.17) is 15.2 Å². The van der Waals surface area contributed by atoms with Crippen LogP contribution in [0.2, 0.25) is 0 Å². The Kier molecular flexibility index (Phi) is 5.81. The van der Waals surface area contributed by atoms with Crippen molar-refractivity contribution in [3.05, 3.63) is 23.8 Å². The summed E-state index contributed by atoms with van der Waals surface area (Å²) in [6.07, 6.45) is 2.28. The number of carbonyl (C=O) groups excluding carboxylic acids is 2. The minimum Gasteiger partial charge on any atom is -0.493 e. The van der Waals surface area contributed by atoms with Gasteiger partial charge in [0.1, 0.15) is 0 Å². The van der Waals surface area contributed by atoms with Gasteiger partial charge in [0.2, 0.25) is 0 Å². The largest absolute Gasteiger partial charge is 0.493 e. The summed E-state index contributed by atoms with van der Waals surface area (Å²) in [5.74, 6) is 0.876. The van der Waals surface area contributed by atoms with Crippen LogP contribution in [-0.4, -0.2) is 45.2 Å². The number of hydrogen-bond acceptors (Lipinski definition) is 5. The lowest BCUT2D eigenvalue weighted by Gasteiger charge is -2.13. The Morgan fingerprint density at radius 3 is 2.70 bits per heavy atom. The summed E-state index contributed by atoms with van der Waals surface area (Å²) in [6.45, 7) is 0.343. The van der Waals surface area contributed by atoms with E-state index in [0.717, 1.165) is 12.8 Å². The van der Waals surface area contributed by atoms with Gasteiger partial charge in [-0.2, -0.15) is 0 Å². The van der Waals surface area contributed by atoms with Crippen LogP contribution < -0.4 is 25.8 Å². The molecule has 2 rings (SSSR count). The molecule has 0 aromatic heterocycles. The number of amides is 2. The maximum atomic E-state index is 12.2. The van der Waals surface area contributed by atoms with E-state index < -0.39 is 0 Å². The molecule has 1 saturated carbocycles. The molecule has 1 aliphatic carbocycles. The molecular formula is C16H23N3O4. The predicted octanol–water partition coefficient (Wildman–Crippen LogP) is 0.287. The van der Waals surface area contributed by atoms with Crippen LogP contribution in [0.1, 0.15) is 23.2 Å². The van der Waals surface area contributed by atoms with Gasteiger partial charge >= 0.3 is 0 Å². The van der Waals surface area contributed by atoms with E-state index in [9.17, 15) is 9.59 Å². The maximum absolute atomic E-state index is 12.2. The first-order valence-corrected chi connectivity index (χ1v) is 7.60. The predicted molar refractivity (Wildman–Crippen MR) is 85.6 cm³/mol. The van der Waals surface area contributed by atoms with Gasteiger partial charge in [-0.1, -0.05) is 0 Å². The van der Waals surface area contributed by atoms with Crippen molar-refractivity contribution in [3.8, 4) is 11.5 Å². The molecule has 1 aliphatic rings. The van der Waals surface area contributed by atoms with Crippen molar-refractivity contribution >= 4 is 11.8 Å². The van der Waals surface area contributed by atoms with Crippen molar-refractivity contribution in [2.75, 3.05) is 27.3 Å². The standard InChI is InChI=1S/C16H23N3O4/c1-18-15(20)9-23-13-6-5-11(7-14(13)22-2)16(21)19-8-12(17)10-3-4-10/h5-7,10,12H,3-4,8-9,17H2,1-2H3,(H,18,20)(H,19,21). The fourth-order valence-electron chi connectivity index (χ4n) is 2.15. The molecule has 126 valence electrons. The zero-order chi connectivity index (χ0) is 16.8. The monoisotopic (exact) mass is 321 g/mol. The second kappa shape index (κ2) is 7.82. The molecule has 0 radical (unpaired) electrons. The molecule has 23 heavy (non-hydrogen) atoms. The van der Waals surface area contributed by atoms with Crippen LogP contribution in [0.25, 0.3) is 0 Å². The van der Waals surface area contributed by atoms with E-state index in [0.29, 0.717) is 29.5 Å². The molecule has 1 atom stereocenters. The Morgan fingerprint density at radius 2 is 2.09 bits per heavy atom. The van der Waals surface area contributed by atoms with E-state index in [1.165, 1.54) is 14.2 Å². The van der Waals surface area contributed by atoms with Gasteiger partial charge in [0.05, 0.1) is 7.11 Å². The molecule has 0 bridgehead atoms. The fraction of sp³-hybridized carbons (Fsp3) is 0.500. The Morgan fingerprint density at radius 1 is 1.35 bits per heavy atom. The Hall–Kier alpha value is -2.28. The van der Waals surface area contributed by atoms with Gasteiger partial charge in [0, 0.05) is 25.2 Å². The molecule has 0 saturated heterocycles. The van der Waals surface area contributed by atoms with Crippen LogP contribution >= 0.6 is 0 Å². The highest BCUT2D eigenvalue weighted by atomic mass is 16.5. The summed E-state index contributed by atoms with van der Waals surface area (Å²) in [5.41, 5.74) is 6.43. The van der Waals surface area contributed by atoms with Crippen molar-refractivity contribution < 1.29 is 19.1 Å². The molecule has 1 unspecified atom stereocenters. The zero-order valence-corrected chi connectivity index (χ0v) is 13.4. The van der Waals surface area contributed by atoms with Crippen molar-refractivity contribution in [2.45, 2.75) is 18.9 Å². The van der Waals surface area contributed by atoms with E-state index in [1.54, 1.807) is 18.2 Å². The van der Waals surface area contributed by atoms with Crippen molar-refractivity contribution in [2.24, 2.45) is 11.7 Å². The third-order valence-corrected chi connectivity index (χ3v) is 3.79. The fourth-order valence-corrected chi connectivity index (χ4v) is 2.15. The molecule has 1 aromatic carbocycles. The third kappa shape index (κ3) is 4.85. The van der Waals surface area contributed by atoms with Crippen molar-refractivity contribution in [3.63, 3.8) is 0 Å². The quantitative estimate of drug-likeness (QED) is 0.638. The van der Waals surface area contributed by atoms with Crippen molar-refractivity contribution in [1.82, 2.24) is 10.6 Å². The zero-order valence-electron chi connectivity index (χ0n) is 13.4. The minimum absolute atomic E-state index is 0.0102. The number of ether oxygens (including phenoxy) is 2. The molecule has 0 spiro atoms. The lowest BCUT2D eigenvalue weighted by atomic mass is 10.1. The van der Waals surface area contributed by atoms with Gasteiger partial charge in [-0.25, -0.2) is 0 Å². The van der Waals surface area contributed by atoms with Crippen LogP contribution in [-0.2, 0) is 4.79 Å². The summed E-state index contributed by atoms with van der Waals surface area (Å²) in [5, 5.41) is 5.29. The first kappa shape index (κ1) is 17.1. The molecule has 0 heterocycles. The van der Waals surface area contributed by atoms with Crippen molar-refractivity contribution in [1.29, 1.82) is 0 Å². The van der Waals surface area contributed by atoms with Gasteiger partial charge in [-0.3, -0.25) is 9.59 Å². The number of benzene rings is 1.